The van der Waals surface area contributed by atoms with Crippen molar-refractivity contribution in [2.45, 2.75) is 6.92 Å². The summed E-state index contributed by atoms with van der Waals surface area (Å²) in [6, 6.07) is 17.6. The number of carbonyl (C=O) groups excluding carboxylic acids is 4. The number of methoxy groups -OCH3 is 1. The highest BCUT2D eigenvalue weighted by molar-refractivity contribution is 6.39. The molecule has 2 N–H and O–H groups in total. The van der Waals surface area contributed by atoms with Gasteiger partial charge < -0.3 is 14.8 Å². The van der Waals surface area contributed by atoms with E-state index in [1.807, 2.05) is 6.07 Å². The number of hydrogen-bond donors (Lipinski definition) is 2. The Bertz CT molecular complexity index is 1420. The third kappa shape index (κ3) is 5.79. The van der Waals surface area contributed by atoms with Crippen LogP contribution >= 0.6 is 11.6 Å². The molecule has 0 spiro atoms. The van der Waals surface area contributed by atoms with Gasteiger partial charge in [-0.05, 0) is 60.5 Å². The highest BCUT2D eigenvalue weighted by Gasteiger charge is 2.37. The number of barbiturate groups is 1. The summed E-state index contributed by atoms with van der Waals surface area (Å²) in [5.41, 5.74) is 1.72. The molecule has 1 saturated heterocycles. The molecule has 0 saturated carbocycles. The van der Waals surface area contributed by atoms with Crippen LogP contribution in [0.2, 0.25) is 5.02 Å². The molecule has 5 amide bonds. The molecular formula is C27H22ClN3O6. The SMILES string of the molecule is COc1cc(/C=C2\C(=O)NC(=O)N(c3cc(Cl)ccc3C)C2=O)ccc1OCC(=O)Nc1ccccc1. The Hall–Kier alpha value is -4.63. The van der Waals surface area contributed by atoms with Crippen LogP contribution in [0.4, 0.5) is 16.2 Å². The summed E-state index contributed by atoms with van der Waals surface area (Å²) < 4.78 is 11.0. The number of rotatable bonds is 7. The maximum Gasteiger partial charge on any atom is 0.335 e. The zero-order valence-corrected chi connectivity index (χ0v) is 20.7. The summed E-state index contributed by atoms with van der Waals surface area (Å²) in [4.78, 5) is 51.3. The molecule has 1 heterocycles. The molecule has 0 bridgehead atoms. The van der Waals surface area contributed by atoms with Gasteiger partial charge in [0.15, 0.2) is 18.1 Å². The van der Waals surface area contributed by atoms with Gasteiger partial charge in [0.05, 0.1) is 12.8 Å². The third-order valence-corrected chi connectivity index (χ3v) is 5.66. The predicted octanol–water partition coefficient (Wildman–Crippen LogP) is 4.34. The van der Waals surface area contributed by atoms with Crippen LogP contribution in [0, 0.1) is 6.92 Å². The van der Waals surface area contributed by atoms with Crippen LogP contribution in [0.3, 0.4) is 0 Å². The molecule has 0 radical (unpaired) electrons. The minimum absolute atomic E-state index is 0.253. The lowest BCUT2D eigenvalue weighted by molar-refractivity contribution is -0.122. The number of carbonyl (C=O) groups is 4. The van der Waals surface area contributed by atoms with E-state index in [1.165, 1.54) is 19.3 Å². The number of amides is 5. The van der Waals surface area contributed by atoms with E-state index in [0.29, 0.717) is 27.6 Å². The second-order valence-electron chi connectivity index (χ2n) is 8.00. The number of anilines is 2. The zero-order valence-electron chi connectivity index (χ0n) is 19.9. The van der Waals surface area contributed by atoms with Crippen molar-refractivity contribution in [3.8, 4) is 11.5 Å². The number of para-hydroxylation sites is 1. The molecule has 1 aliphatic rings. The molecule has 1 aliphatic heterocycles. The van der Waals surface area contributed by atoms with Crippen LogP contribution in [0.25, 0.3) is 6.08 Å². The number of halogens is 1. The van der Waals surface area contributed by atoms with E-state index in [1.54, 1.807) is 61.5 Å². The highest BCUT2D eigenvalue weighted by atomic mass is 35.5. The molecule has 0 atom stereocenters. The lowest BCUT2D eigenvalue weighted by Crippen LogP contribution is -2.54. The molecule has 10 heteroatoms. The van der Waals surface area contributed by atoms with Gasteiger partial charge in [-0.25, -0.2) is 9.69 Å². The molecule has 0 aromatic heterocycles. The maximum absolute atomic E-state index is 13.2. The Morgan fingerprint density at radius 3 is 2.51 bits per heavy atom. The van der Waals surface area contributed by atoms with Gasteiger partial charge in [0.25, 0.3) is 17.7 Å². The van der Waals surface area contributed by atoms with Crippen LogP contribution in [0.1, 0.15) is 11.1 Å². The Labute approximate surface area is 217 Å². The van der Waals surface area contributed by atoms with E-state index in [0.717, 1.165) is 4.90 Å². The van der Waals surface area contributed by atoms with Crippen LogP contribution in [-0.4, -0.2) is 37.5 Å². The van der Waals surface area contributed by atoms with Crippen molar-refractivity contribution >= 4 is 52.8 Å². The molecule has 3 aromatic carbocycles. The van der Waals surface area contributed by atoms with Crippen molar-refractivity contribution in [3.63, 3.8) is 0 Å². The Kier molecular flexibility index (Phi) is 7.55. The number of nitrogens with one attached hydrogen (secondary N) is 2. The first-order valence-corrected chi connectivity index (χ1v) is 11.5. The van der Waals surface area contributed by atoms with E-state index in [4.69, 9.17) is 21.1 Å². The molecule has 37 heavy (non-hydrogen) atoms. The van der Waals surface area contributed by atoms with Crippen LogP contribution < -0.4 is 25.0 Å². The van der Waals surface area contributed by atoms with Crippen LogP contribution in [-0.2, 0) is 14.4 Å². The van der Waals surface area contributed by atoms with E-state index in [2.05, 4.69) is 10.6 Å². The normalized spacial score (nSPS) is 14.4. The molecule has 9 nitrogen and oxygen atoms in total. The highest BCUT2D eigenvalue weighted by Crippen LogP contribution is 2.31. The average molecular weight is 520 g/mol. The van der Waals surface area contributed by atoms with E-state index >= 15 is 0 Å². The van der Waals surface area contributed by atoms with Gasteiger partial charge in [0, 0.05) is 10.7 Å². The van der Waals surface area contributed by atoms with Crippen molar-refractivity contribution in [3.05, 3.63) is 88.5 Å². The minimum Gasteiger partial charge on any atom is -0.493 e. The summed E-state index contributed by atoms with van der Waals surface area (Å²) in [6.07, 6.45) is 1.34. The van der Waals surface area contributed by atoms with E-state index in [-0.39, 0.29) is 29.5 Å². The Morgan fingerprint density at radius 1 is 1.03 bits per heavy atom. The lowest BCUT2D eigenvalue weighted by Gasteiger charge is -2.27. The third-order valence-electron chi connectivity index (χ3n) is 5.43. The molecule has 4 rings (SSSR count). The number of ether oxygens (including phenoxy) is 2. The molecular weight excluding hydrogens is 498 g/mol. The van der Waals surface area contributed by atoms with Gasteiger partial charge >= 0.3 is 6.03 Å². The quantitative estimate of drug-likeness (QED) is 0.354. The summed E-state index contributed by atoms with van der Waals surface area (Å²) >= 11 is 6.06. The fraction of sp³-hybridized carbons (Fsp3) is 0.111. The van der Waals surface area contributed by atoms with Gasteiger partial charge in [-0.15, -0.1) is 0 Å². The molecule has 3 aromatic rings. The van der Waals surface area contributed by atoms with Gasteiger partial charge in [-0.1, -0.05) is 41.9 Å². The van der Waals surface area contributed by atoms with Crippen molar-refractivity contribution in [2.24, 2.45) is 0 Å². The summed E-state index contributed by atoms with van der Waals surface area (Å²) in [7, 11) is 1.42. The Morgan fingerprint density at radius 2 is 1.78 bits per heavy atom. The topological polar surface area (TPSA) is 114 Å². The smallest absolute Gasteiger partial charge is 0.335 e. The number of aryl methyl sites for hydroxylation is 1. The van der Waals surface area contributed by atoms with Crippen molar-refractivity contribution in [2.75, 3.05) is 23.9 Å². The van der Waals surface area contributed by atoms with E-state index in [9.17, 15) is 19.2 Å². The fourth-order valence-corrected chi connectivity index (χ4v) is 3.79. The zero-order chi connectivity index (χ0) is 26.5. The van der Waals surface area contributed by atoms with Gasteiger partial charge in [0.2, 0.25) is 0 Å². The second-order valence-corrected chi connectivity index (χ2v) is 8.44. The van der Waals surface area contributed by atoms with Gasteiger partial charge in [0.1, 0.15) is 5.57 Å². The maximum atomic E-state index is 13.2. The predicted molar refractivity (Wildman–Crippen MR) is 139 cm³/mol. The Balaban J connectivity index is 1.54. The monoisotopic (exact) mass is 519 g/mol. The lowest BCUT2D eigenvalue weighted by atomic mass is 10.1. The first-order valence-electron chi connectivity index (χ1n) is 11.1. The molecule has 188 valence electrons. The summed E-state index contributed by atoms with van der Waals surface area (Å²) in [5.74, 6) is -1.41. The van der Waals surface area contributed by atoms with E-state index < -0.39 is 17.8 Å². The number of hydrogen-bond acceptors (Lipinski definition) is 6. The molecule has 0 aliphatic carbocycles. The standard InChI is InChI=1S/C27H22ClN3O6/c1-16-8-10-18(28)14-21(16)31-26(34)20(25(33)30-27(31)35)12-17-9-11-22(23(13-17)36-2)37-15-24(32)29-19-6-4-3-5-7-19/h3-14H,15H2,1-2H3,(H,29,32)(H,30,33,35)/b20-12+. The first-order chi connectivity index (χ1) is 17.8. The summed E-state index contributed by atoms with van der Waals surface area (Å²) in [5, 5.41) is 5.23. The molecule has 0 unspecified atom stereocenters. The van der Waals surface area contributed by atoms with Crippen LogP contribution in [0.5, 0.6) is 11.5 Å². The van der Waals surface area contributed by atoms with Gasteiger partial charge in [-0.2, -0.15) is 0 Å². The molecule has 1 fully saturated rings. The van der Waals surface area contributed by atoms with Gasteiger partial charge in [-0.3, -0.25) is 19.7 Å². The average Bonchev–Trinajstić information content (AvgIpc) is 2.88. The second kappa shape index (κ2) is 11.0. The summed E-state index contributed by atoms with van der Waals surface area (Å²) in [6.45, 7) is 1.46. The minimum atomic E-state index is -0.868. The van der Waals surface area contributed by atoms with Crippen molar-refractivity contribution in [1.82, 2.24) is 5.32 Å². The largest absolute Gasteiger partial charge is 0.493 e. The number of benzene rings is 3. The number of nitrogens with zero attached hydrogens (tertiary/aromatic N) is 1. The van der Waals surface area contributed by atoms with Crippen molar-refractivity contribution < 1.29 is 28.7 Å². The fourth-order valence-electron chi connectivity index (χ4n) is 3.62. The number of urea groups is 1. The van der Waals surface area contributed by atoms with Crippen molar-refractivity contribution in [1.29, 1.82) is 0 Å². The first kappa shape index (κ1) is 25.5. The van der Waals surface area contributed by atoms with Crippen LogP contribution in [0.15, 0.2) is 72.3 Å². The number of imide groups is 2.